The molecule has 0 spiro atoms. The molecule has 2 N–H and O–H groups in total. The zero-order valence-corrected chi connectivity index (χ0v) is 9.85. The van der Waals surface area contributed by atoms with E-state index < -0.39 is 27.9 Å². The predicted octanol–water partition coefficient (Wildman–Crippen LogP) is 0.926. The molecule has 1 aromatic rings. The molecule has 0 aliphatic carbocycles. The maximum absolute atomic E-state index is 10.7. The molecule has 17 heavy (non-hydrogen) atoms. The molecule has 0 fully saturated rings. The van der Waals surface area contributed by atoms with Crippen molar-refractivity contribution in [3.05, 3.63) is 29.8 Å². The van der Waals surface area contributed by atoms with E-state index in [1.807, 2.05) is 0 Å². The molecule has 0 aliphatic rings. The van der Waals surface area contributed by atoms with Gasteiger partial charge >= 0.3 is 5.97 Å². The van der Waals surface area contributed by atoms with Crippen molar-refractivity contribution in [1.82, 2.24) is 0 Å². The number of ether oxygens (including phenoxy) is 1. The summed E-state index contributed by atoms with van der Waals surface area (Å²) in [7, 11) is -4.11. The summed E-state index contributed by atoms with van der Waals surface area (Å²) in [5.41, 5.74) is 0.322. The summed E-state index contributed by atoms with van der Waals surface area (Å²) in [5.74, 6) is -1.42. The third kappa shape index (κ3) is 4.83. The lowest BCUT2D eigenvalue weighted by molar-refractivity contribution is -0.144. The van der Waals surface area contributed by atoms with E-state index in [-0.39, 0.29) is 5.75 Å². The third-order valence-electron chi connectivity index (χ3n) is 1.91. The van der Waals surface area contributed by atoms with Crippen LogP contribution in [0.15, 0.2) is 24.3 Å². The Morgan fingerprint density at radius 2 is 2.12 bits per heavy atom. The van der Waals surface area contributed by atoms with Crippen molar-refractivity contribution in [2.75, 3.05) is 0 Å². The molecular weight excluding hydrogens is 248 g/mol. The third-order valence-corrected chi connectivity index (χ3v) is 2.61. The molecule has 0 aliphatic heterocycles. The van der Waals surface area contributed by atoms with E-state index in [2.05, 4.69) is 0 Å². The summed E-state index contributed by atoms with van der Waals surface area (Å²) < 4.78 is 35.1. The normalized spacial score (nSPS) is 13.1. The van der Waals surface area contributed by atoms with Crippen LogP contribution in [0.1, 0.15) is 12.5 Å². The minimum Gasteiger partial charge on any atom is -0.479 e. The second-order valence-corrected chi connectivity index (χ2v) is 4.92. The number of aliphatic carboxylic acids is 1. The molecule has 0 bridgehead atoms. The van der Waals surface area contributed by atoms with Gasteiger partial charge in [0.1, 0.15) is 11.5 Å². The van der Waals surface area contributed by atoms with Crippen LogP contribution in [0.4, 0.5) is 0 Å². The summed E-state index contributed by atoms with van der Waals surface area (Å²) in [6, 6.07) is 5.89. The maximum atomic E-state index is 10.7. The van der Waals surface area contributed by atoms with Crippen LogP contribution in [0, 0.1) is 0 Å². The summed E-state index contributed by atoms with van der Waals surface area (Å²) >= 11 is 0. The van der Waals surface area contributed by atoms with Crippen molar-refractivity contribution in [2.45, 2.75) is 18.8 Å². The quantitative estimate of drug-likeness (QED) is 0.764. The fourth-order valence-electron chi connectivity index (χ4n) is 1.17. The van der Waals surface area contributed by atoms with E-state index in [1.54, 1.807) is 0 Å². The molecule has 0 amide bonds. The lowest BCUT2D eigenvalue weighted by Crippen LogP contribution is -2.22. The largest absolute Gasteiger partial charge is 0.479 e. The first-order valence-corrected chi connectivity index (χ1v) is 6.32. The van der Waals surface area contributed by atoms with Crippen molar-refractivity contribution < 1.29 is 27.6 Å². The second kappa shape index (κ2) is 5.15. The fourth-order valence-corrected chi connectivity index (χ4v) is 1.77. The smallest absolute Gasteiger partial charge is 0.344 e. The van der Waals surface area contributed by atoms with Crippen molar-refractivity contribution in [1.29, 1.82) is 0 Å². The Morgan fingerprint density at radius 1 is 1.47 bits per heavy atom. The lowest BCUT2D eigenvalue weighted by Gasteiger charge is -2.10. The molecule has 0 saturated carbocycles. The second-order valence-electron chi connectivity index (χ2n) is 3.47. The Morgan fingerprint density at radius 3 is 2.65 bits per heavy atom. The molecule has 0 heterocycles. The molecule has 1 aromatic carbocycles. The number of benzene rings is 1. The molecule has 94 valence electrons. The zero-order valence-electron chi connectivity index (χ0n) is 9.03. The van der Waals surface area contributed by atoms with Crippen LogP contribution < -0.4 is 4.74 Å². The molecule has 7 heteroatoms. The van der Waals surface area contributed by atoms with Crippen LogP contribution in [0.2, 0.25) is 0 Å². The van der Waals surface area contributed by atoms with E-state index >= 15 is 0 Å². The SMILES string of the molecule is CC(Oc1cccc(CS(=O)(=O)O)c1)C(=O)O. The van der Waals surface area contributed by atoms with Gasteiger partial charge in [0.2, 0.25) is 0 Å². The van der Waals surface area contributed by atoms with Crippen LogP contribution in [0.3, 0.4) is 0 Å². The molecular formula is C10H12O6S. The van der Waals surface area contributed by atoms with Gasteiger partial charge in [0.05, 0.1) is 0 Å². The first kappa shape index (κ1) is 13.5. The zero-order chi connectivity index (χ0) is 13.1. The molecule has 0 saturated heterocycles. The van der Waals surface area contributed by atoms with Gasteiger partial charge < -0.3 is 9.84 Å². The number of carboxylic acids is 1. The Balaban J connectivity index is 2.83. The molecule has 1 atom stereocenters. The maximum Gasteiger partial charge on any atom is 0.344 e. The van der Waals surface area contributed by atoms with E-state index in [0.717, 1.165) is 0 Å². The number of hydrogen-bond acceptors (Lipinski definition) is 4. The van der Waals surface area contributed by atoms with Gasteiger partial charge in [-0.15, -0.1) is 0 Å². The Labute approximate surface area is 98.6 Å². The predicted molar refractivity (Wildman–Crippen MR) is 59.4 cm³/mol. The Kier molecular flexibility index (Phi) is 4.08. The van der Waals surface area contributed by atoms with Crippen molar-refractivity contribution >= 4 is 16.1 Å². The molecule has 0 aromatic heterocycles. The molecule has 1 unspecified atom stereocenters. The first-order valence-electron chi connectivity index (χ1n) is 4.71. The number of carbonyl (C=O) groups is 1. The average molecular weight is 260 g/mol. The first-order chi connectivity index (χ1) is 7.78. The highest BCUT2D eigenvalue weighted by Gasteiger charge is 2.13. The van der Waals surface area contributed by atoms with Crippen LogP contribution in [-0.2, 0) is 20.7 Å². The van der Waals surface area contributed by atoms with E-state index in [1.165, 1.54) is 31.2 Å². The van der Waals surface area contributed by atoms with Crippen LogP contribution in [0.25, 0.3) is 0 Å². The molecule has 1 rings (SSSR count). The van der Waals surface area contributed by atoms with E-state index in [0.29, 0.717) is 5.56 Å². The van der Waals surface area contributed by atoms with Crippen molar-refractivity contribution in [3.8, 4) is 5.75 Å². The minimum atomic E-state index is -4.11. The topological polar surface area (TPSA) is 101 Å². The summed E-state index contributed by atoms with van der Waals surface area (Å²) in [5, 5.41) is 8.64. The number of rotatable bonds is 5. The summed E-state index contributed by atoms with van der Waals surface area (Å²) in [6.07, 6.45) is -1.03. The Bertz CT molecular complexity index is 507. The monoisotopic (exact) mass is 260 g/mol. The van der Waals surface area contributed by atoms with Gasteiger partial charge in [-0.1, -0.05) is 12.1 Å². The van der Waals surface area contributed by atoms with Gasteiger partial charge in [0.25, 0.3) is 10.1 Å². The lowest BCUT2D eigenvalue weighted by atomic mass is 10.2. The standard InChI is InChI=1S/C10H12O6S/c1-7(10(11)12)16-9-4-2-3-8(5-9)6-17(13,14)15/h2-5,7H,6H2,1H3,(H,11,12)(H,13,14,15). The van der Waals surface area contributed by atoms with Crippen LogP contribution in [0.5, 0.6) is 5.75 Å². The summed E-state index contributed by atoms with van der Waals surface area (Å²) in [4.78, 5) is 10.6. The molecule has 6 nitrogen and oxygen atoms in total. The van der Waals surface area contributed by atoms with E-state index in [4.69, 9.17) is 14.4 Å². The minimum absolute atomic E-state index is 0.237. The highest BCUT2D eigenvalue weighted by molar-refractivity contribution is 7.85. The van der Waals surface area contributed by atoms with Gasteiger partial charge in [0.15, 0.2) is 6.10 Å². The van der Waals surface area contributed by atoms with Gasteiger partial charge in [0, 0.05) is 0 Å². The van der Waals surface area contributed by atoms with Gasteiger partial charge in [-0.25, -0.2) is 4.79 Å². The molecule has 0 radical (unpaired) electrons. The van der Waals surface area contributed by atoms with Crippen LogP contribution >= 0.6 is 0 Å². The van der Waals surface area contributed by atoms with Crippen molar-refractivity contribution in [2.24, 2.45) is 0 Å². The fraction of sp³-hybridized carbons (Fsp3) is 0.300. The van der Waals surface area contributed by atoms with Crippen LogP contribution in [-0.4, -0.2) is 30.2 Å². The summed E-state index contributed by atoms with van der Waals surface area (Å²) in [6.45, 7) is 1.36. The van der Waals surface area contributed by atoms with E-state index in [9.17, 15) is 13.2 Å². The Hall–Kier alpha value is -1.60. The van der Waals surface area contributed by atoms with Crippen molar-refractivity contribution in [3.63, 3.8) is 0 Å². The number of hydrogen-bond donors (Lipinski definition) is 2. The van der Waals surface area contributed by atoms with Gasteiger partial charge in [-0.05, 0) is 24.6 Å². The highest BCUT2D eigenvalue weighted by Crippen LogP contribution is 2.16. The highest BCUT2D eigenvalue weighted by atomic mass is 32.2. The van der Waals surface area contributed by atoms with Gasteiger partial charge in [-0.3, -0.25) is 4.55 Å². The average Bonchev–Trinajstić information content (AvgIpc) is 2.15. The van der Waals surface area contributed by atoms with Gasteiger partial charge in [-0.2, -0.15) is 8.42 Å². The number of carboxylic acid groups (broad SMARTS) is 1.